The van der Waals surface area contributed by atoms with Crippen molar-refractivity contribution in [2.24, 2.45) is 0 Å². The zero-order valence-electron chi connectivity index (χ0n) is 7.86. The molecule has 0 aromatic rings. The van der Waals surface area contributed by atoms with Crippen LogP contribution in [0.15, 0.2) is 44.9 Å². The Morgan fingerprint density at radius 2 is 2.23 bits per heavy atom. The third kappa shape index (κ3) is 2.04. The number of rotatable bonds is 3. The van der Waals surface area contributed by atoms with E-state index in [0.29, 0.717) is 0 Å². The van der Waals surface area contributed by atoms with Crippen LogP contribution in [-0.4, -0.2) is 0 Å². The Bertz CT molecular complexity index is 316. The van der Waals surface area contributed by atoms with Gasteiger partial charge in [0.2, 0.25) is 0 Å². The monoisotopic (exact) mass is 214 g/mol. The zero-order valence-corrected chi connectivity index (χ0v) is 8.97. The molecule has 0 aromatic heterocycles. The van der Waals surface area contributed by atoms with Gasteiger partial charge in [0.05, 0.1) is 0 Å². The van der Waals surface area contributed by atoms with Crippen LogP contribution in [0.4, 0.5) is 0 Å². The van der Waals surface area contributed by atoms with E-state index >= 15 is 0 Å². The second kappa shape index (κ2) is 4.13. The Labute approximate surface area is 86.3 Å². The van der Waals surface area contributed by atoms with Gasteiger partial charge in [-0.1, -0.05) is 0 Å². The van der Waals surface area contributed by atoms with Gasteiger partial charge in [0.15, 0.2) is 0 Å². The summed E-state index contributed by atoms with van der Waals surface area (Å²) in [5, 5.41) is 0. The summed E-state index contributed by atoms with van der Waals surface area (Å²) in [5.74, 6) is 0. The van der Waals surface area contributed by atoms with Crippen LogP contribution in [0.2, 0.25) is 0 Å². The third-order valence-corrected chi connectivity index (χ3v) is 3.95. The first-order chi connectivity index (χ1) is 6.40. The van der Waals surface area contributed by atoms with Crippen molar-refractivity contribution in [2.45, 2.75) is 26.2 Å². The molecule has 0 amide bonds. The van der Waals surface area contributed by atoms with Crippen molar-refractivity contribution < 1.29 is 15.0 Å². The molecule has 0 aromatic carbocycles. The molecule has 13 heavy (non-hydrogen) atoms. The molecule has 1 heteroatoms. The first kappa shape index (κ1) is 9.05. The van der Waals surface area contributed by atoms with E-state index in [1.165, 1.54) is 34.2 Å². The van der Waals surface area contributed by atoms with E-state index in [2.05, 4.69) is 37.3 Å². The summed E-state index contributed by atoms with van der Waals surface area (Å²) >= 11 is 1.20. The normalized spacial score (nSPS) is 20.5. The number of allylic oxidation sites excluding steroid dienone is 8. The Balaban J connectivity index is 2.02. The van der Waals surface area contributed by atoms with Gasteiger partial charge in [-0.3, -0.25) is 0 Å². The van der Waals surface area contributed by atoms with E-state index in [9.17, 15) is 0 Å². The molecule has 70 valence electrons. The van der Waals surface area contributed by atoms with Gasteiger partial charge in [-0.05, 0) is 0 Å². The predicted molar refractivity (Wildman–Crippen MR) is 52.9 cm³/mol. The number of hydrogen-bond acceptors (Lipinski definition) is 0. The molecule has 0 unspecified atom stereocenters. The summed E-state index contributed by atoms with van der Waals surface area (Å²) in [6, 6.07) is 0. The minimum absolute atomic E-state index is 1.17. The Kier molecular flexibility index (Phi) is 2.87. The van der Waals surface area contributed by atoms with E-state index in [0.717, 1.165) is 0 Å². The average molecular weight is 214 g/mol. The standard InChI is InChI=1S/C7H9.C5H5.Fe/c1-2-7-5-3-4-6-7;1-2-4-5-3-1;/h3,5H,2,4H2,1H3;1-3H,4H2;. The van der Waals surface area contributed by atoms with Crippen molar-refractivity contribution in [3.8, 4) is 0 Å². The van der Waals surface area contributed by atoms with E-state index in [1.807, 2.05) is 0 Å². The SMILES string of the molecule is CCC1=[C]([Fe][C]2=CC=CC2)CC=C1. The second-order valence-electron chi connectivity index (χ2n) is 3.19. The van der Waals surface area contributed by atoms with Crippen molar-refractivity contribution in [1.29, 1.82) is 0 Å². The molecule has 0 N–H and O–H groups in total. The summed E-state index contributed by atoms with van der Waals surface area (Å²) in [7, 11) is 0. The molecule has 2 aliphatic rings. The van der Waals surface area contributed by atoms with Gasteiger partial charge < -0.3 is 0 Å². The van der Waals surface area contributed by atoms with Gasteiger partial charge in [0.1, 0.15) is 0 Å². The van der Waals surface area contributed by atoms with Crippen molar-refractivity contribution in [3.63, 3.8) is 0 Å². The van der Waals surface area contributed by atoms with Crippen molar-refractivity contribution in [2.75, 3.05) is 0 Å². The zero-order chi connectivity index (χ0) is 9.10. The van der Waals surface area contributed by atoms with E-state index < -0.39 is 0 Å². The van der Waals surface area contributed by atoms with Gasteiger partial charge in [-0.2, -0.15) is 0 Å². The van der Waals surface area contributed by atoms with Crippen LogP contribution in [0, 0.1) is 0 Å². The summed E-state index contributed by atoms with van der Waals surface area (Å²) in [6.45, 7) is 2.24. The van der Waals surface area contributed by atoms with Crippen LogP contribution < -0.4 is 0 Å². The molecule has 0 saturated heterocycles. The molecule has 0 radical (unpaired) electrons. The Morgan fingerprint density at radius 1 is 1.31 bits per heavy atom. The second-order valence-corrected chi connectivity index (χ2v) is 4.85. The fourth-order valence-electron chi connectivity index (χ4n) is 1.54. The van der Waals surface area contributed by atoms with Crippen molar-refractivity contribution >= 4 is 0 Å². The molecule has 0 bridgehead atoms. The first-order valence-corrected chi connectivity index (χ1v) is 5.87. The van der Waals surface area contributed by atoms with Crippen molar-refractivity contribution in [1.82, 2.24) is 0 Å². The van der Waals surface area contributed by atoms with Crippen LogP contribution in [0.1, 0.15) is 26.2 Å². The summed E-state index contributed by atoms with van der Waals surface area (Å²) < 4.78 is 3.21. The molecule has 2 rings (SSSR count). The maximum atomic E-state index is 2.29. The van der Waals surface area contributed by atoms with Crippen LogP contribution in [0.3, 0.4) is 0 Å². The van der Waals surface area contributed by atoms with Crippen LogP contribution in [-0.2, 0) is 15.0 Å². The molecular weight excluding hydrogens is 200 g/mol. The molecule has 0 saturated carbocycles. The first-order valence-electron chi connectivity index (χ1n) is 4.77. The summed E-state index contributed by atoms with van der Waals surface area (Å²) in [6.07, 6.45) is 14.8. The molecule has 0 atom stereocenters. The minimum atomic E-state index is 1.17. The molecule has 0 fully saturated rings. The van der Waals surface area contributed by atoms with Crippen LogP contribution >= 0.6 is 0 Å². The molecule has 2 aliphatic carbocycles. The van der Waals surface area contributed by atoms with Crippen LogP contribution in [0.5, 0.6) is 0 Å². The van der Waals surface area contributed by atoms with Gasteiger partial charge in [-0.25, -0.2) is 0 Å². The van der Waals surface area contributed by atoms with Gasteiger partial charge in [0, 0.05) is 0 Å². The van der Waals surface area contributed by atoms with Gasteiger partial charge >= 0.3 is 86.0 Å². The molecular formula is C12H14Fe. The summed E-state index contributed by atoms with van der Waals surface area (Å²) in [4.78, 5) is 0. The topological polar surface area (TPSA) is 0 Å². The molecule has 0 aliphatic heterocycles. The van der Waals surface area contributed by atoms with E-state index in [-0.39, 0.29) is 0 Å². The van der Waals surface area contributed by atoms with E-state index in [1.54, 1.807) is 14.5 Å². The predicted octanol–water partition coefficient (Wildman–Crippen LogP) is 3.54. The van der Waals surface area contributed by atoms with Crippen LogP contribution in [0.25, 0.3) is 0 Å². The molecule has 0 heterocycles. The Morgan fingerprint density at radius 3 is 2.92 bits per heavy atom. The maximum absolute atomic E-state index is 2.29. The Hall–Kier alpha value is -0.521. The van der Waals surface area contributed by atoms with Gasteiger partial charge in [-0.15, -0.1) is 0 Å². The molecule has 0 spiro atoms. The number of hydrogen-bond donors (Lipinski definition) is 0. The molecule has 0 nitrogen and oxygen atoms in total. The van der Waals surface area contributed by atoms with Crippen molar-refractivity contribution in [3.05, 3.63) is 44.9 Å². The fraction of sp³-hybridized carbons (Fsp3) is 0.333. The van der Waals surface area contributed by atoms with E-state index in [4.69, 9.17) is 0 Å². The fourth-order valence-corrected chi connectivity index (χ4v) is 3.11. The van der Waals surface area contributed by atoms with Gasteiger partial charge in [0.25, 0.3) is 0 Å². The summed E-state index contributed by atoms with van der Waals surface area (Å²) in [5.41, 5.74) is 1.56. The average Bonchev–Trinajstić information content (AvgIpc) is 2.76. The quantitative estimate of drug-likeness (QED) is 0.630. The third-order valence-electron chi connectivity index (χ3n) is 2.27.